The van der Waals surface area contributed by atoms with Gasteiger partial charge in [-0.1, -0.05) is 0 Å². The fourth-order valence-electron chi connectivity index (χ4n) is 1.73. The van der Waals surface area contributed by atoms with E-state index in [2.05, 4.69) is 21.0 Å². The fraction of sp³-hybridized carbons (Fsp3) is 0.250. The number of hydrogen-bond acceptors (Lipinski definition) is 2. The van der Waals surface area contributed by atoms with Gasteiger partial charge in [0.2, 0.25) is 0 Å². The number of rotatable bonds is 2. The van der Waals surface area contributed by atoms with E-state index in [1.165, 1.54) is 16.8 Å². The van der Waals surface area contributed by atoms with Gasteiger partial charge in [0.15, 0.2) is 0 Å². The van der Waals surface area contributed by atoms with Crippen LogP contribution >= 0.6 is 15.9 Å². The summed E-state index contributed by atoms with van der Waals surface area (Å²) in [6.45, 7) is 3.54. The first-order valence-corrected chi connectivity index (χ1v) is 6.13. The van der Waals surface area contributed by atoms with Crippen LogP contribution in [0.2, 0.25) is 0 Å². The van der Waals surface area contributed by atoms with E-state index in [1.807, 2.05) is 0 Å². The van der Waals surface area contributed by atoms with Gasteiger partial charge in [0.05, 0.1) is 28.1 Å². The molecule has 0 fully saturated rings. The molecule has 0 aliphatic carbocycles. The zero-order valence-electron chi connectivity index (χ0n) is 9.97. The Bertz CT molecular complexity index is 608. The summed E-state index contributed by atoms with van der Waals surface area (Å²) in [5, 5.41) is 4.16. The molecule has 0 spiro atoms. The maximum Gasteiger partial charge on any atom is 0.145 e. The Morgan fingerprint density at radius 2 is 2.00 bits per heavy atom. The lowest BCUT2D eigenvalue weighted by atomic mass is 10.2. The lowest BCUT2D eigenvalue weighted by molar-refractivity contribution is 0.525. The fourth-order valence-corrected chi connectivity index (χ4v) is 2.10. The highest BCUT2D eigenvalue weighted by molar-refractivity contribution is 9.10. The SMILES string of the molecule is Cc1nn(Cc2c(F)ccc(Br)c2F)c(C)c1N. The van der Waals surface area contributed by atoms with Crippen LogP contribution in [0.5, 0.6) is 0 Å². The molecule has 0 amide bonds. The molecule has 1 aromatic carbocycles. The highest BCUT2D eigenvalue weighted by atomic mass is 79.9. The number of nitrogens with zero attached hydrogens (tertiary/aromatic N) is 2. The van der Waals surface area contributed by atoms with Crippen molar-refractivity contribution in [2.24, 2.45) is 0 Å². The van der Waals surface area contributed by atoms with Gasteiger partial charge in [0.25, 0.3) is 0 Å². The number of anilines is 1. The number of halogens is 3. The molecule has 6 heteroatoms. The molecule has 3 nitrogen and oxygen atoms in total. The summed E-state index contributed by atoms with van der Waals surface area (Å²) < 4.78 is 29.2. The Labute approximate surface area is 112 Å². The van der Waals surface area contributed by atoms with E-state index in [-0.39, 0.29) is 16.6 Å². The van der Waals surface area contributed by atoms with Crippen molar-refractivity contribution in [3.8, 4) is 0 Å². The van der Waals surface area contributed by atoms with Crippen LogP contribution in [0.4, 0.5) is 14.5 Å². The second-order valence-corrected chi connectivity index (χ2v) is 4.92. The number of nitrogen functional groups attached to an aromatic ring is 1. The standard InChI is InChI=1S/C12H12BrF2N3/c1-6-12(16)7(2)18(17-6)5-8-10(14)4-3-9(13)11(8)15/h3-4H,5,16H2,1-2H3. The molecule has 0 saturated carbocycles. The molecular weight excluding hydrogens is 304 g/mol. The number of hydrogen-bond donors (Lipinski definition) is 1. The van der Waals surface area contributed by atoms with Crippen molar-refractivity contribution in [1.82, 2.24) is 9.78 Å². The monoisotopic (exact) mass is 315 g/mol. The van der Waals surface area contributed by atoms with E-state index in [9.17, 15) is 8.78 Å². The molecule has 0 bridgehead atoms. The molecule has 1 aromatic heterocycles. The number of nitrogens with two attached hydrogens (primary N) is 1. The van der Waals surface area contributed by atoms with Crippen LogP contribution in [0.25, 0.3) is 0 Å². The maximum absolute atomic E-state index is 13.8. The van der Waals surface area contributed by atoms with Gasteiger partial charge in [-0.05, 0) is 41.9 Å². The van der Waals surface area contributed by atoms with Crippen LogP contribution in [-0.2, 0) is 6.54 Å². The van der Waals surface area contributed by atoms with Crippen molar-refractivity contribution < 1.29 is 8.78 Å². The predicted octanol–water partition coefficient (Wildman–Crippen LogP) is 3.17. The number of aromatic nitrogens is 2. The average molecular weight is 316 g/mol. The molecule has 0 aliphatic heterocycles. The van der Waals surface area contributed by atoms with E-state index in [1.54, 1.807) is 13.8 Å². The van der Waals surface area contributed by atoms with Gasteiger partial charge in [0.1, 0.15) is 11.6 Å². The summed E-state index contributed by atoms with van der Waals surface area (Å²) in [5.41, 5.74) is 7.65. The van der Waals surface area contributed by atoms with Crippen LogP contribution in [0.1, 0.15) is 17.0 Å². The maximum atomic E-state index is 13.8. The molecule has 96 valence electrons. The summed E-state index contributed by atoms with van der Waals surface area (Å²) in [7, 11) is 0. The first-order chi connectivity index (χ1) is 8.41. The Hall–Kier alpha value is -1.43. The smallest absolute Gasteiger partial charge is 0.145 e. The van der Waals surface area contributed by atoms with Crippen molar-refractivity contribution in [2.45, 2.75) is 20.4 Å². The second kappa shape index (κ2) is 4.68. The van der Waals surface area contributed by atoms with Gasteiger partial charge in [0, 0.05) is 5.56 Å². The van der Waals surface area contributed by atoms with Crippen molar-refractivity contribution in [1.29, 1.82) is 0 Å². The highest BCUT2D eigenvalue weighted by Crippen LogP contribution is 2.24. The van der Waals surface area contributed by atoms with Crippen molar-refractivity contribution in [2.75, 3.05) is 5.73 Å². The third-order valence-electron chi connectivity index (χ3n) is 2.88. The quantitative estimate of drug-likeness (QED) is 0.865. The minimum absolute atomic E-state index is 0.0149. The summed E-state index contributed by atoms with van der Waals surface area (Å²) in [4.78, 5) is 0. The van der Waals surface area contributed by atoms with E-state index in [4.69, 9.17) is 5.73 Å². The van der Waals surface area contributed by atoms with Crippen molar-refractivity contribution >= 4 is 21.6 Å². The van der Waals surface area contributed by atoms with Gasteiger partial charge in [-0.2, -0.15) is 5.10 Å². The summed E-state index contributed by atoms with van der Waals surface area (Å²) in [6, 6.07) is 2.56. The first kappa shape index (κ1) is 13.0. The van der Waals surface area contributed by atoms with Crippen LogP contribution in [-0.4, -0.2) is 9.78 Å². The zero-order valence-corrected chi connectivity index (χ0v) is 11.6. The van der Waals surface area contributed by atoms with Gasteiger partial charge < -0.3 is 5.73 Å². The Morgan fingerprint density at radius 3 is 2.56 bits per heavy atom. The molecule has 2 N–H and O–H groups in total. The zero-order chi connectivity index (χ0) is 13.4. The molecule has 2 aromatic rings. The van der Waals surface area contributed by atoms with E-state index < -0.39 is 11.6 Å². The summed E-state index contributed by atoms with van der Waals surface area (Å²) >= 11 is 3.04. The molecular formula is C12H12BrF2N3. The lowest BCUT2D eigenvalue weighted by Crippen LogP contribution is -2.08. The molecule has 0 unspecified atom stereocenters. The van der Waals surface area contributed by atoms with Gasteiger partial charge in [-0.3, -0.25) is 4.68 Å². The summed E-state index contributed by atoms with van der Waals surface area (Å²) in [6.07, 6.45) is 0. The lowest BCUT2D eigenvalue weighted by Gasteiger charge is -2.08. The van der Waals surface area contributed by atoms with E-state index in [0.29, 0.717) is 17.1 Å². The van der Waals surface area contributed by atoms with Crippen LogP contribution in [0, 0.1) is 25.5 Å². The van der Waals surface area contributed by atoms with Crippen molar-refractivity contribution in [3.05, 3.63) is 45.2 Å². The molecule has 0 aliphatic rings. The van der Waals surface area contributed by atoms with Crippen LogP contribution < -0.4 is 5.73 Å². The number of aryl methyl sites for hydroxylation is 1. The summed E-state index contributed by atoms with van der Waals surface area (Å²) in [5.74, 6) is -1.21. The van der Waals surface area contributed by atoms with Gasteiger partial charge >= 0.3 is 0 Å². The number of benzene rings is 1. The molecule has 0 saturated heterocycles. The third-order valence-corrected chi connectivity index (χ3v) is 3.50. The molecule has 0 atom stereocenters. The Balaban J connectivity index is 2.46. The third kappa shape index (κ3) is 2.12. The average Bonchev–Trinajstić information content (AvgIpc) is 2.57. The molecule has 18 heavy (non-hydrogen) atoms. The van der Waals surface area contributed by atoms with E-state index >= 15 is 0 Å². The predicted molar refractivity (Wildman–Crippen MR) is 69.3 cm³/mol. The normalized spacial score (nSPS) is 10.9. The van der Waals surface area contributed by atoms with Crippen molar-refractivity contribution in [3.63, 3.8) is 0 Å². The molecule has 0 radical (unpaired) electrons. The minimum atomic E-state index is -0.610. The second-order valence-electron chi connectivity index (χ2n) is 4.06. The topological polar surface area (TPSA) is 43.8 Å². The van der Waals surface area contributed by atoms with E-state index in [0.717, 1.165) is 0 Å². The molecule has 1 heterocycles. The van der Waals surface area contributed by atoms with Gasteiger partial charge in [-0.15, -0.1) is 0 Å². The van der Waals surface area contributed by atoms with Crippen LogP contribution in [0.3, 0.4) is 0 Å². The van der Waals surface area contributed by atoms with Crippen LogP contribution in [0.15, 0.2) is 16.6 Å². The first-order valence-electron chi connectivity index (χ1n) is 5.33. The Kier molecular flexibility index (Phi) is 3.38. The molecule has 2 rings (SSSR count). The largest absolute Gasteiger partial charge is 0.396 e. The Morgan fingerprint density at radius 1 is 1.33 bits per heavy atom. The van der Waals surface area contributed by atoms with Gasteiger partial charge in [-0.25, -0.2) is 8.78 Å². The highest BCUT2D eigenvalue weighted by Gasteiger charge is 2.15. The minimum Gasteiger partial charge on any atom is -0.396 e.